The first kappa shape index (κ1) is 12.4. The Morgan fingerprint density at radius 3 is 2.35 bits per heavy atom. The van der Waals surface area contributed by atoms with E-state index in [0.717, 1.165) is 25.0 Å². The zero-order chi connectivity index (χ0) is 12.5. The van der Waals surface area contributed by atoms with Gasteiger partial charge in [-0.3, -0.25) is 0 Å². The van der Waals surface area contributed by atoms with Crippen molar-refractivity contribution in [2.45, 2.75) is 45.3 Å². The lowest BCUT2D eigenvalue weighted by Gasteiger charge is -2.53. The maximum atomic E-state index is 12.8. The van der Waals surface area contributed by atoms with Crippen LogP contribution in [0.2, 0.25) is 0 Å². The van der Waals surface area contributed by atoms with E-state index in [2.05, 4.69) is 13.8 Å². The molecule has 2 nitrogen and oxygen atoms in total. The first-order valence-electron chi connectivity index (χ1n) is 6.30. The number of nitrogens with two attached hydrogens (primary N) is 1. The lowest BCUT2D eigenvalue weighted by molar-refractivity contribution is -0.0722. The van der Waals surface area contributed by atoms with Gasteiger partial charge in [-0.1, -0.05) is 13.8 Å². The molecular formula is C14H20FNO. The Kier molecular flexibility index (Phi) is 3.38. The second-order valence-corrected chi connectivity index (χ2v) is 4.84. The molecule has 1 saturated carbocycles. The summed E-state index contributed by atoms with van der Waals surface area (Å²) >= 11 is 0. The highest BCUT2D eigenvalue weighted by molar-refractivity contribution is 5.23. The van der Waals surface area contributed by atoms with E-state index >= 15 is 0 Å². The smallest absolute Gasteiger partial charge is 0.123 e. The third kappa shape index (κ3) is 2.04. The second-order valence-electron chi connectivity index (χ2n) is 4.84. The number of rotatable bonds is 4. The number of hydrogen-bond donors (Lipinski definition) is 1. The average molecular weight is 237 g/mol. The van der Waals surface area contributed by atoms with Crippen molar-refractivity contribution in [2.75, 3.05) is 0 Å². The molecule has 0 saturated heterocycles. The Hall–Kier alpha value is -1.09. The molecule has 0 aliphatic heterocycles. The van der Waals surface area contributed by atoms with Crippen LogP contribution in [-0.4, -0.2) is 12.1 Å². The molecule has 0 amide bonds. The molecule has 1 fully saturated rings. The minimum Gasteiger partial charge on any atom is -0.490 e. The molecule has 2 N–H and O–H groups in total. The van der Waals surface area contributed by atoms with Crippen LogP contribution in [0.15, 0.2) is 24.3 Å². The summed E-state index contributed by atoms with van der Waals surface area (Å²) in [7, 11) is 0. The van der Waals surface area contributed by atoms with Gasteiger partial charge in [-0.25, -0.2) is 4.39 Å². The lowest BCUT2D eigenvalue weighted by Crippen LogP contribution is -2.62. The summed E-state index contributed by atoms with van der Waals surface area (Å²) < 4.78 is 18.7. The summed E-state index contributed by atoms with van der Waals surface area (Å²) in [6.07, 6.45) is 3.10. The van der Waals surface area contributed by atoms with Gasteiger partial charge in [0.2, 0.25) is 0 Å². The predicted molar refractivity (Wildman–Crippen MR) is 66.4 cm³/mol. The quantitative estimate of drug-likeness (QED) is 0.873. The molecule has 0 bridgehead atoms. The molecule has 1 aliphatic rings. The Balaban J connectivity index is 2.07. The summed E-state index contributed by atoms with van der Waals surface area (Å²) in [4.78, 5) is 0. The Morgan fingerprint density at radius 1 is 1.29 bits per heavy atom. The van der Waals surface area contributed by atoms with Crippen molar-refractivity contribution in [2.24, 2.45) is 11.1 Å². The molecule has 3 heteroatoms. The summed E-state index contributed by atoms with van der Waals surface area (Å²) in [6.45, 7) is 4.31. The SMILES string of the molecule is CCC1(CC)C(N)CC1Oc1ccc(F)cc1. The third-order valence-corrected chi connectivity index (χ3v) is 4.26. The van der Waals surface area contributed by atoms with E-state index in [1.165, 1.54) is 12.1 Å². The van der Waals surface area contributed by atoms with Crippen LogP contribution >= 0.6 is 0 Å². The highest BCUT2D eigenvalue weighted by Crippen LogP contribution is 2.47. The van der Waals surface area contributed by atoms with Gasteiger partial charge in [-0.15, -0.1) is 0 Å². The minimum absolute atomic E-state index is 0.0917. The van der Waals surface area contributed by atoms with E-state index < -0.39 is 0 Å². The van der Waals surface area contributed by atoms with Crippen molar-refractivity contribution in [3.63, 3.8) is 0 Å². The summed E-state index contributed by atoms with van der Waals surface area (Å²) in [5.41, 5.74) is 6.20. The molecule has 0 heterocycles. The summed E-state index contributed by atoms with van der Waals surface area (Å²) in [5.74, 6) is 0.495. The van der Waals surface area contributed by atoms with Crippen molar-refractivity contribution >= 4 is 0 Å². The predicted octanol–water partition coefficient (Wildman–Crippen LogP) is 3.11. The number of halogens is 1. The Morgan fingerprint density at radius 2 is 1.88 bits per heavy atom. The van der Waals surface area contributed by atoms with Crippen LogP contribution in [-0.2, 0) is 0 Å². The Bertz CT molecular complexity index is 372. The van der Waals surface area contributed by atoms with Gasteiger partial charge in [0.1, 0.15) is 17.7 Å². The van der Waals surface area contributed by atoms with Crippen molar-refractivity contribution in [1.82, 2.24) is 0 Å². The van der Waals surface area contributed by atoms with Gasteiger partial charge < -0.3 is 10.5 Å². The summed E-state index contributed by atoms with van der Waals surface area (Å²) in [5, 5.41) is 0. The van der Waals surface area contributed by atoms with Gasteiger partial charge in [0.25, 0.3) is 0 Å². The van der Waals surface area contributed by atoms with Crippen LogP contribution in [0.25, 0.3) is 0 Å². The first-order valence-corrected chi connectivity index (χ1v) is 6.30. The maximum absolute atomic E-state index is 12.8. The van der Waals surface area contributed by atoms with E-state index in [9.17, 15) is 4.39 Å². The monoisotopic (exact) mass is 237 g/mol. The number of ether oxygens (including phenoxy) is 1. The van der Waals surface area contributed by atoms with Crippen LogP contribution in [0.4, 0.5) is 4.39 Å². The largest absolute Gasteiger partial charge is 0.490 e. The molecule has 2 rings (SSSR count). The fourth-order valence-electron chi connectivity index (χ4n) is 2.85. The van der Waals surface area contributed by atoms with Crippen molar-refractivity contribution < 1.29 is 9.13 Å². The minimum atomic E-state index is -0.236. The third-order valence-electron chi connectivity index (χ3n) is 4.26. The maximum Gasteiger partial charge on any atom is 0.123 e. The molecule has 1 aliphatic carbocycles. The highest BCUT2D eigenvalue weighted by Gasteiger charge is 2.52. The van der Waals surface area contributed by atoms with E-state index in [4.69, 9.17) is 10.5 Å². The van der Waals surface area contributed by atoms with E-state index in [1.807, 2.05) is 0 Å². The normalized spacial score (nSPS) is 26.4. The molecule has 17 heavy (non-hydrogen) atoms. The average Bonchev–Trinajstić information content (AvgIpc) is 2.33. The standard InChI is InChI=1S/C14H20FNO/c1-3-14(4-2)12(16)9-13(14)17-11-7-5-10(15)6-8-11/h5-8,12-13H,3-4,9,16H2,1-2H3. The zero-order valence-corrected chi connectivity index (χ0v) is 10.4. The fourth-order valence-corrected chi connectivity index (χ4v) is 2.85. The van der Waals surface area contributed by atoms with Gasteiger partial charge in [0.05, 0.1) is 0 Å². The fraction of sp³-hybridized carbons (Fsp3) is 0.571. The van der Waals surface area contributed by atoms with Gasteiger partial charge in [0.15, 0.2) is 0 Å². The van der Waals surface area contributed by atoms with Crippen LogP contribution in [0.3, 0.4) is 0 Å². The topological polar surface area (TPSA) is 35.2 Å². The van der Waals surface area contributed by atoms with Gasteiger partial charge in [0, 0.05) is 17.9 Å². The Labute approximate surface area is 102 Å². The molecule has 1 aromatic rings. The highest BCUT2D eigenvalue weighted by atomic mass is 19.1. The van der Waals surface area contributed by atoms with E-state index in [1.54, 1.807) is 12.1 Å². The first-order chi connectivity index (χ1) is 8.12. The van der Waals surface area contributed by atoms with Gasteiger partial charge >= 0.3 is 0 Å². The molecular weight excluding hydrogens is 217 g/mol. The van der Waals surface area contributed by atoms with Crippen LogP contribution in [0, 0.1) is 11.2 Å². The molecule has 0 radical (unpaired) electrons. The molecule has 0 aromatic heterocycles. The number of benzene rings is 1. The van der Waals surface area contributed by atoms with E-state index in [0.29, 0.717) is 0 Å². The lowest BCUT2D eigenvalue weighted by atomic mass is 9.59. The molecule has 1 aromatic carbocycles. The number of hydrogen-bond acceptors (Lipinski definition) is 2. The summed E-state index contributed by atoms with van der Waals surface area (Å²) in [6, 6.07) is 6.42. The van der Waals surface area contributed by atoms with Crippen LogP contribution in [0.5, 0.6) is 5.75 Å². The molecule has 0 spiro atoms. The molecule has 2 unspecified atom stereocenters. The zero-order valence-electron chi connectivity index (χ0n) is 10.4. The van der Waals surface area contributed by atoms with Crippen LogP contribution in [0.1, 0.15) is 33.1 Å². The molecule has 2 atom stereocenters. The van der Waals surface area contributed by atoms with E-state index in [-0.39, 0.29) is 23.4 Å². The van der Waals surface area contributed by atoms with Crippen molar-refractivity contribution in [3.8, 4) is 5.75 Å². The van der Waals surface area contributed by atoms with Crippen molar-refractivity contribution in [3.05, 3.63) is 30.1 Å². The van der Waals surface area contributed by atoms with Gasteiger partial charge in [-0.2, -0.15) is 0 Å². The van der Waals surface area contributed by atoms with Gasteiger partial charge in [-0.05, 0) is 37.1 Å². The second kappa shape index (κ2) is 4.65. The molecule has 94 valence electrons. The van der Waals surface area contributed by atoms with Crippen molar-refractivity contribution in [1.29, 1.82) is 0 Å². The van der Waals surface area contributed by atoms with Crippen LogP contribution < -0.4 is 10.5 Å².